The molecule has 0 bridgehead atoms. The van der Waals surface area contributed by atoms with E-state index in [1.54, 1.807) is 0 Å². The number of hydrogen-bond donors (Lipinski definition) is 1. The van der Waals surface area contributed by atoms with Gasteiger partial charge in [0.2, 0.25) is 5.91 Å². The van der Waals surface area contributed by atoms with Gasteiger partial charge in [-0.1, -0.05) is 0 Å². The van der Waals surface area contributed by atoms with Gasteiger partial charge in [-0.05, 0) is 37.7 Å². The van der Waals surface area contributed by atoms with Crippen molar-refractivity contribution in [3.8, 4) is 0 Å². The molecule has 1 unspecified atom stereocenters. The first-order valence-electron chi connectivity index (χ1n) is 5.14. The van der Waals surface area contributed by atoms with Gasteiger partial charge in [-0.25, -0.2) is 0 Å². The molecule has 1 rings (SSSR count). The summed E-state index contributed by atoms with van der Waals surface area (Å²) in [5.74, 6) is 3.10. The fraction of sp³-hybridized carbons (Fsp3) is 0.900. The quantitative estimate of drug-likeness (QED) is 0.754. The first-order valence-corrected chi connectivity index (χ1v) is 6.30. The minimum Gasteiger partial charge on any atom is -0.369 e. The zero-order valence-electron chi connectivity index (χ0n) is 8.91. The van der Waals surface area contributed by atoms with Gasteiger partial charge in [-0.2, -0.15) is 11.8 Å². The molecule has 0 spiro atoms. The van der Waals surface area contributed by atoms with Crippen LogP contribution in [0.4, 0.5) is 0 Å². The van der Waals surface area contributed by atoms with Crippen molar-refractivity contribution in [2.24, 2.45) is 5.92 Å². The number of nitrogens with one attached hydrogen (secondary N) is 1. The van der Waals surface area contributed by atoms with Crippen molar-refractivity contribution in [2.45, 2.75) is 26.4 Å². The van der Waals surface area contributed by atoms with Gasteiger partial charge in [-0.3, -0.25) is 4.79 Å². The van der Waals surface area contributed by atoms with E-state index < -0.39 is 0 Å². The number of carbonyl (C=O) groups excluding carboxylic acids is 1. The molecule has 0 aliphatic carbocycles. The molecule has 1 saturated heterocycles. The van der Waals surface area contributed by atoms with E-state index in [1.807, 2.05) is 25.6 Å². The lowest BCUT2D eigenvalue weighted by atomic mass is 10.1. The van der Waals surface area contributed by atoms with Crippen LogP contribution in [0, 0.1) is 5.92 Å². The first kappa shape index (κ1) is 11.9. The molecule has 0 aromatic rings. The van der Waals surface area contributed by atoms with Gasteiger partial charge in [0.15, 0.2) is 0 Å². The maximum atomic E-state index is 11.3. The summed E-state index contributed by atoms with van der Waals surface area (Å²) in [6, 6.07) is 0. The van der Waals surface area contributed by atoms with Crippen LogP contribution in [0.15, 0.2) is 0 Å². The lowest BCUT2D eigenvalue weighted by molar-refractivity contribution is -0.127. The zero-order valence-corrected chi connectivity index (χ0v) is 9.73. The Morgan fingerprint density at radius 3 is 3.00 bits per heavy atom. The Kier molecular flexibility index (Phi) is 5.33. The van der Waals surface area contributed by atoms with Crippen LogP contribution in [0.5, 0.6) is 0 Å². The van der Waals surface area contributed by atoms with Crippen molar-refractivity contribution in [2.75, 3.05) is 24.7 Å². The van der Waals surface area contributed by atoms with Crippen molar-refractivity contribution in [3.63, 3.8) is 0 Å². The van der Waals surface area contributed by atoms with Crippen molar-refractivity contribution in [1.82, 2.24) is 5.32 Å². The highest BCUT2D eigenvalue weighted by Gasteiger charge is 2.15. The van der Waals surface area contributed by atoms with Gasteiger partial charge >= 0.3 is 0 Å². The standard InChI is InChI=1S/C10H19NO2S/c1-8(2)13-6-10(12)11-5-9-3-4-14-7-9/h8-9H,3-7H2,1-2H3,(H,11,12). The summed E-state index contributed by atoms with van der Waals surface area (Å²) < 4.78 is 5.20. The van der Waals surface area contributed by atoms with Crippen LogP contribution in [0.2, 0.25) is 0 Å². The SMILES string of the molecule is CC(C)OCC(=O)NCC1CCSC1. The second-order valence-corrected chi connectivity index (χ2v) is 5.04. The zero-order chi connectivity index (χ0) is 10.4. The first-order chi connectivity index (χ1) is 6.68. The molecular weight excluding hydrogens is 198 g/mol. The Hall–Kier alpha value is -0.220. The number of hydrogen-bond acceptors (Lipinski definition) is 3. The van der Waals surface area contributed by atoms with Gasteiger partial charge < -0.3 is 10.1 Å². The third kappa shape index (κ3) is 4.86. The molecule has 4 heteroatoms. The largest absolute Gasteiger partial charge is 0.369 e. The normalized spacial score (nSPS) is 21.5. The van der Waals surface area contributed by atoms with Crippen LogP contribution in [-0.2, 0) is 9.53 Å². The van der Waals surface area contributed by atoms with Crippen LogP contribution in [0.3, 0.4) is 0 Å². The Bertz CT molecular complexity index is 179. The summed E-state index contributed by atoms with van der Waals surface area (Å²) >= 11 is 1.97. The smallest absolute Gasteiger partial charge is 0.246 e. The van der Waals surface area contributed by atoms with E-state index in [0.717, 1.165) is 6.54 Å². The third-order valence-electron chi connectivity index (χ3n) is 2.16. The predicted octanol–water partition coefficient (Wildman–Crippen LogP) is 1.28. The average molecular weight is 217 g/mol. The van der Waals surface area contributed by atoms with Crippen molar-refractivity contribution < 1.29 is 9.53 Å². The Morgan fingerprint density at radius 2 is 2.43 bits per heavy atom. The van der Waals surface area contributed by atoms with Gasteiger partial charge in [0.1, 0.15) is 6.61 Å². The predicted molar refractivity (Wildman–Crippen MR) is 59.5 cm³/mol. The highest BCUT2D eigenvalue weighted by atomic mass is 32.2. The molecule has 1 fully saturated rings. The summed E-state index contributed by atoms with van der Waals surface area (Å²) in [4.78, 5) is 11.3. The number of rotatable bonds is 5. The number of carbonyl (C=O) groups is 1. The van der Waals surface area contributed by atoms with E-state index >= 15 is 0 Å². The van der Waals surface area contributed by atoms with E-state index in [1.165, 1.54) is 17.9 Å². The maximum Gasteiger partial charge on any atom is 0.246 e. The molecule has 0 radical (unpaired) electrons. The topological polar surface area (TPSA) is 38.3 Å². The Labute approximate surface area is 90.0 Å². The third-order valence-corrected chi connectivity index (χ3v) is 3.39. The monoisotopic (exact) mass is 217 g/mol. The lowest BCUT2D eigenvalue weighted by Gasteiger charge is -2.11. The van der Waals surface area contributed by atoms with Gasteiger partial charge in [0.05, 0.1) is 6.10 Å². The fourth-order valence-electron chi connectivity index (χ4n) is 1.30. The molecule has 82 valence electrons. The van der Waals surface area contributed by atoms with Crippen LogP contribution in [0.1, 0.15) is 20.3 Å². The summed E-state index contributed by atoms with van der Waals surface area (Å²) in [6.07, 6.45) is 1.36. The molecule has 1 amide bonds. The van der Waals surface area contributed by atoms with Crippen LogP contribution in [-0.4, -0.2) is 36.7 Å². The summed E-state index contributed by atoms with van der Waals surface area (Å²) in [7, 11) is 0. The van der Waals surface area contributed by atoms with Crippen LogP contribution < -0.4 is 5.32 Å². The molecule has 1 atom stereocenters. The van der Waals surface area contributed by atoms with E-state index in [2.05, 4.69) is 5.32 Å². The molecule has 1 N–H and O–H groups in total. The molecule has 14 heavy (non-hydrogen) atoms. The van der Waals surface area contributed by atoms with Crippen molar-refractivity contribution in [1.29, 1.82) is 0 Å². The second-order valence-electron chi connectivity index (χ2n) is 3.89. The second kappa shape index (κ2) is 6.30. The molecular formula is C10H19NO2S. The van der Waals surface area contributed by atoms with Gasteiger partial charge in [0, 0.05) is 6.54 Å². The molecule has 1 aliphatic rings. The fourth-order valence-corrected chi connectivity index (χ4v) is 2.58. The van der Waals surface area contributed by atoms with Gasteiger partial charge in [-0.15, -0.1) is 0 Å². The Balaban J connectivity index is 2.02. The van der Waals surface area contributed by atoms with E-state index in [-0.39, 0.29) is 18.6 Å². The summed E-state index contributed by atoms with van der Waals surface area (Å²) in [6.45, 7) is 4.87. The van der Waals surface area contributed by atoms with Crippen LogP contribution in [0.25, 0.3) is 0 Å². The van der Waals surface area contributed by atoms with E-state index in [0.29, 0.717) is 5.92 Å². The van der Waals surface area contributed by atoms with Crippen molar-refractivity contribution in [3.05, 3.63) is 0 Å². The van der Waals surface area contributed by atoms with E-state index in [9.17, 15) is 4.79 Å². The number of thioether (sulfide) groups is 1. The summed E-state index contributed by atoms with van der Waals surface area (Å²) in [5, 5.41) is 2.90. The molecule has 0 saturated carbocycles. The minimum atomic E-state index is 0.00981. The highest BCUT2D eigenvalue weighted by Crippen LogP contribution is 2.22. The maximum absolute atomic E-state index is 11.3. The van der Waals surface area contributed by atoms with E-state index in [4.69, 9.17) is 4.74 Å². The number of amides is 1. The number of ether oxygens (including phenoxy) is 1. The minimum absolute atomic E-state index is 0.00981. The molecule has 1 aliphatic heterocycles. The Morgan fingerprint density at radius 1 is 1.64 bits per heavy atom. The van der Waals surface area contributed by atoms with Crippen molar-refractivity contribution >= 4 is 17.7 Å². The van der Waals surface area contributed by atoms with Crippen LogP contribution >= 0.6 is 11.8 Å². The molecule has 0 aromatic heterocycles. The average Bonchev–Trinajstić information content (AvgIpc) is 2.63. The van der Waals surface area contributed by atoms with Gasteiger partial charge in [0.25, 0.3) is 0 Å². The lowest BCUT2D eigenvalue weighted by Crippen LogP contribution is -2.32. The highest BCUT2D eigenvalue weighted by molar-refractivity contribution is 7.99. The molecule has 3 nitrogen and oxygen atoms in total. The summed E-state index contributed by atoms with van der Waals surface area (Å²) in [5.41, 5.74) is 0. The molecule has 1 heterocycles. The molecule has 0 aromatic carbocycles.